The van der Waals surface area contributed by atoms with Crippen molar-refractivity contribution in [2.24, 2.45) is 5.92 Å². The van der Waals surface area contributed by atoms with Gasteiger partial charge in [0.05, 0.1) is 0 Å². The number of benzene rings is 1. The van der Waals surface area contributed by atoms with Crippen molar-refractivity contribution in [1.82, 2.24) is 20.4 Å². The summed E-state index contributed by atoms with van der Waals surface area (Å²) in [6.07, 6.45) is 4.98. The van der Waals surface area contributed by atoms with Crippen molar-refractivity contribution >= 4 is 29.4 Å². The molecule has 0 unspecified atom stereocenters. The molecule has 0 aliphatic carbocycles. The number of hydrogen-bond donors (Lipinski definition) is 3. The number of nitrogens with one attached hydrogen (secondary N) is 3. The summed E-state index contributed by atoms with van der Waals surface area (Å²) in [6, 6.07) is 12.9. The number of nitrogens with zero attached hydrogens (tertiary/aromatic N) is 2. The van der Waals surface area contributed by atoms with Crippen LogP contribution in [0.4, 0.5) is 5.69 Å². The second-order valence-electron chi connectivity index (χ2n) is 9.27. The van der Waals surface area contributed by atoms with Gasteiger partial charge >= 0.3 is 5.97 Å². The standard InChI is InChI=1S/C28H29N5O7/c1-18-14-23(32-40-18)27(37)31-22-8-5-13-33(28(22)38)16-24(34)30-21(15-20-11-12-29-26(20)36)9-10-25(35)39-17-19-6-3-2-4-7-19/h2-10,13-14,20-21H,11-12,15-17H2,1H3,(H,29,36)(H,30,34)(H,31,37)/b10-9+/t20-,21+/m0/s1. The van der Waals surface area contributed by atoms with Crippen molar-refractivity contribution in [3.05, 3.63) is 94.3 Å². The zero-order chi connectivity index (χ0) is 28.5. The number of aryl methyl sites for hydroxylation is 1. The lowest BCUT2D eigenvalue weighted by Crippen LogP contribution is -2.40. The Kier molecular flexibility index (Phi) is 9.23. The molecule has 0 saturated carbocycles. The van der Waals surface area contributed by atoms with Gasteiger partial charge in [-0.25, -0.2) is 4.79 Å². The molecule has 1 aliphatic heterocycles. The lowest BCUT2D eigenvalue weighted by atomic mass is 9.98. The van der Waals surface area contributed by atoms with Gasteiger partial charge in [0.1, 0.15) is 24.6 Å². The van der Waals surface area contributed by atoms with Crippen LogP contribution >= 0.6 is 0 Å². The Morgan fingerprint density at radius 3 is 2.70 bits per heavy atom. The molecule has 0 spiro atoms. The van der Waals surface area contributed by atoms with Crippen LogP contribution in [0.25, 0.3) is 0 Å². The van der Waals surface area contributed by atoms with Crippen molar-refractivity contribution < 1.29 is 28.4 Å². The number of amides is 3. The van der Waals surface area contributed by atoms with E-state index in [1.807, 2.05) is 30.3 Å². The number of ether oxygens (including phenoxy) is 1. The Morgan fingerprint density at radius 2 is 2.00 bits per heavy atom. The van der Waals surface area contributed by atoms with Crippen LogP contribution in [0.3, 0.4) is 0 Å². The minimum Gasteiger partial charge on any atom is -0.458 e. The van der Waals surface area contributed by atoms with Crippen LogP contribution in [0.1, 0.15) is 34.7 Å². The molecule has 3 aromatic rings. The summed E-state index contributed by atoms with van der Waals surface area (Å²) in [5.41, 5.74) is 0.203. The minimum absolute atomic E-state index is 0.0120. The molecule has 208 valence electrons. The lowest BCUT2D eigenvalue weighted by molar-refractivity contribution is -0.139. The first-order valence-corrected chi connectivity index (χ1v) is 12.7. The predicted molar refractivity (Wildman–Crippen MR) is 143 cm³/mol. The maximum Gasteiger partial charge on any atom is 0.330 e. The first-order chi connectivity index (χ1) is 19.3. The Bertz CT molecular complexity index is 1460. The smallest absolute Gasteiger partial charge is 0.330 e. The largest absolute Gasteiger partial charge is 0.458 e. The van der Waals surface area contributed by atoms with Gasteiger partial charge in [0.25, 0.3) is 11.5 Å². The fourth-order valence-corrected chi connectivity index (χ4v) is 4.16. The minimum atomic E-state index is -0.667. The van der Waals surface area contributed by atoms with Gasteiger partial charge in [-0.15, -0.1) is 0 Å². The number of carbonyl (C=O) groups excluding carboxylic acids is 4. The molecule has 0 radical (unpaired) electrons. The third kappa shape index (κ3) is 7.76. The van der Waals surface area contributed by atoms with Crippen LogP contribution in [-0.4, -0.2) is 46.0 Å². The van der Waals surface area contributed by atoms with Gasteiger partial charge in [-0.2, -0.15) is 0 Å². The fraction of sp³-hybridized carbons (Fsp3) is 0.286. The van der Waals surface area contributed by atoms with Crippen molar-refractivity contribution in [2.75, 3.05) is 11.9 Å². The Morgan fingerprint density at radius 1 is 1.20 bits per heavy atom. The molecule has 1 saturated heterocycles. The summed E-state index contributed by atoms with van der Waals surface area (Å²) in [5.74, 6) is -1.77. The summed E-state index contributed by atoms with van der Waals surface area (Å²) in [5, 5.41) is 11.6. The molecule has 3 amide bonds. The van der Waals surface area contributed by atoms with E-state index in [9.17, 15) is 24.0 Å². The third-order valence-electron chi connectivity index (χ3n) is 6.18. The lowest BCUT2D eigenvalue weighted by Gasteiger charge is -2.18. The topological polar surface area (TPSA) is 162 Å². The number of hydrogen-bond acceptors (Lipinski definition) is 8. The Balaban J connectivity index is 1.40. The highest BCUT2D eigenvalue weighted by molar-refractivity contribution is 6.02. The Labute approximate surface area is 229 Å². The number of carbonyl (C=O) groups is 4. The van der Waals surface area contributed by atoms with Gasteiger partial charge in [-0.1, -0.05) is 41.6 Å². The van der Waals surface area contributed by atoms with E-state index in [1.165, 1.54) is 36.5 Å². The summed E-state index contributed by atoms with van der Waals surface area (Å²) in [7, 11) is 0. The average Bonchev–Trinajstić information content (AvgIpc) is 3.56. The maximum atomic E-state index is 12.9. The molecule has 1 fully saturated rings. The van der Waals surface area contributed by atoms with Gasteiger partial charge in [0.2, 0.25) is 11.8 Å². The second kappa shape index (κ2) is 13.2. The quantitative estimate of drug-likeness (QED) is 0.241. The van der Waals surface area contributed by atoms with E-state index in [4.69, 9.17) is 9.26 Å². The molecule has 40 heavy (non-hydrogen) atoms. The van der Waals surface area contributed by atoms with E-state index in [0.29, 0.717) is 18.7 Å². The van der Waals surface area contributed by atoms with Crippen molar-refractivity contribution in [1.29, 1.82) is 0 Å². The first kappa shape index (κ1) is 28.0. The maximum absolute atomic E-state index is 12.9. The van der Waals surface area contributed by atoms with Gasteiger partial charge in [0.15, 0.2) is 5.69 Å². The molecule has 12 nitrogen and oxygen atoms in total. The number of esters is 1. The number of rotatable bonds is 11. The molecule has 4 rings (SSSR count). The fourth-order valence-electron chi connectivity index (χ4n) is 4.16. The second-order valence-corrected chi connectivity index (χ2v) is 9.27. The van der Waals surface area contributed by atoms with Crippen LogP contribution in [0, 0.1) is 12.8 Å². The van der Waals surface area contributed by atoms with E-state index in [-0.39, 0.29) is 42.8 Å². The molecule has 1 aromatic carbocycles. The summed E-state index contributed by atoms with van der Waals surface area (Å²) in [6.45, 7) is 1.91. The van der Waals surface area contributed by atoms with E-state index in [0.717, 1.165) is 10.1 Å². The SMILES string of the molecule is Cc1cc(C(=O)Nc2cccn(CC(=O)N[C@H](/C=C/C(=O)OCc3ccccc3)C[C@@H]3CCNC3=O)c2=O)no1. The molecule has 3 N–H and O–H groups in total. The third-order valence-corrected chi connectivity index (χ3v) is 6.18. The summed E-state index contributed by atoms with van der Waals surface area (Å²) < 4.78 is 11.3. The summed E-state index contributed by atoms with van der Waals surface area (Å²) in [4.78, 5) is 62.6. The van der Waals surface area contributed by atoms with Gasteiger partial charge in [0, 0.05) is 36.8 Å². The zero-order valence-electron chi connectivity index (χ0n) is 21.8. The van der Waals surface area contributed by atoms with E-state index in [1.54, 1.807) is 6.92 Å². The van der Waals surface area contributed by atoms with Crippen LogP contribution in [0.5, 0.6) is 0 Å². The normalized spacial score (nSPS) is 15.4. The van der Waals surface area contributed by atoms with Crippen molar-refractivity contribution in [3.63, 3.8) is 0 Å². The first-order valence-electron chi connectivity index (χ1n) is 12.7. The van der Waals surface area contributed by atoms with Crippen LogP contribution in [0.15, 0.2) is 76.2 Å². The number of aromatic nitrogens is 2. The van der Waals surface area contributed by atoms with Crippen molar-refractivity contribution in [3.8, 4) is 0 Å². The molecule has 1 aliphatic rings. The van der Waals surface area contributed by atoms with Gasteiger partial charge < -0.3 is 29.8 Å². The Hall–Kier alpha value is -5.00. The molecule has 3 heterocycles. The monoisotopic (exact) mass is 547 g/mol. The summed E-state index contributed by atoms with van der Waals surface area (Å²) >= 11 is 0. The molecular weight excluding hydrogens is 518 g/mol. The van der Waals surface area contributed by atoms with E-state index < -0.39 is 29.4 Å². The van der Waals surface area contributed by atoms with Crippen LogP contribution in [-0.2, 0) is 32.3 Å². The average molecular weight is 548 g/mol. The molecule has 2 aromatic heterocycles. The highest BCUT2D eigenvalue weighted by Gasteiger charge is 2.27. The molecule has 2 atom stereocenters. The highest BCUT2D eigenvalue weighted by atomic mass is 16.5. The van der Waals surface area contributed by atoms with E-state index >= 15 is 0 Å². The number of pyridine rings is 1. The molecular formula is C28H29N5O7. The molecule has 0 bridgehead atoms. The van der Waals surface area contributed by atoms with Crippen molar-refractivity contribution in [2.45, 2.75) is 39.0 Å². The van der Waals surface area contributed by atoms with Crippen LogP contribution < -0.4 is 21.5 Å². The van der Waals surface area contributed by atoms with Gasteiger partial charge in [-0.3, -0.25) is 19.2 Å². The zero-order valence-corrected chi connectivity index (χ0v) is 21.8. The highest BCUT2D eigenvalue weighted by Crippen LogP contribution is 2.17. The molecule has 12 heteroatoms. The predicted octanol–water partition coefficient (Wildman–Crippen LogP) is 1.71. The number of anilines is 1. The van der Waals surface area contributed by atoms with Crippen LogP contribution in [0.2, 0.25) is 0 Å². The van der Waals surface area contributed by atoms with E-state index in [2.05, 4.69) is 21.1 Å². The van der Waals surface area contributed by atoms with Gasteiger partial charge in [-0.05, 0) is 37.5 Å².